The molecule has 4 nitrogen and oxygen atoms in total. The van der Waals surface area contributed by atoms with Gasteiger partial charge in [-0.05, 0) is 37.5 Å². The molecule has 0 spiro atoms. The van der Waals surface area contributed by atoms with Gasteiger partial charge in [-0.2, -0.15) is 0 Å². The monoisotopic (exact) mass is 275 g/mol. The van der Waals surface area contributed by atoms with Crippen LogP contribution < -0.4 is 5.32 Å². The van der Waals surface area contributed by atoms with E-state index in [1.807, 2.05) is 0 Å². The number of hydrogen-bond donors (Lipinski definition) is 1. The molecular formula is C13H25NO3S. The third-order valence-corrected chi connectivity index (χ3v) is 6.20. The number of methoxy groups -OCH3 is 1. The molecule has 5 heteroatoms. The molecule has 2 aliphatic carbocycles. The van der Waals surface area contributed by atoms with Gasteiger partial charge in [-0.3, -0.25) is 0 Å². The molecule has 0 aromatic rings. The smallest absolute Gasteiger partial charge is 0.151 e. The van der Waals surface area contributed by atoms with Crippen molar-refractivity contribution in [3.8, 4) is 0 Å². The van der Waals surface area contributed by atoms with Crippen LogP contribution in [0.3, 0.4) is 0 Å². The van der Waals surface area contributed by atoms with Crippen molar-refractivity contribution >= 4 is 9.84 Å². The van der Waals surface area contributed by atoms with Crippen LogP contribution in [0.2, 0.25) is 0 Å². The van der Waals surface area contributed by atoms with Gasteiger partial charge in [0.15, 0.2) is 9.84 Å². The van der Waals surface area contributed by atoms with Crippen LogP contribution in [0.5, 0.6) is 0 Å². The van der Waals surface area contributed by atoms with Gasteiger partial charge < -0.3 is 10.1 Å². The number of nitrogens with one attached hydrogen (secondary N) is 1. The topological polar surface area (TPSA) is 55.4 Å². The minimum Gasteiger partial charge on any atom is -0.385 e. The van der Waals surface area contributed by atoms with Crippen molar-refractivity contribution in [2.45, 2.75) is 49.8 Å². The first-order valence-corrected chi connectivity index (χ1v) is 8.84. The molecule has 2 rings (SSSR count). The Bertz CT molecular complexity index is 376. The zero-order valence-electron chi connectivity index (χ0n) is 11.4. The molecule has 2 unspecified atom stereocenters. The Kier molecular flexibility index (Phi) is 4.34. The van der Waals surface area contributed by atoms with Crippen molar-refractivity contribution in [3.63, 3.8) is 0 Å². The molecule has 2 saturated carbocycles. The molecular weight excluding hydrogens is 250 g/mol. The van der Waals surface area contributed by atoms with Gasteiger partial charge in [0.1, 0.15) is 0 Å². The number of rotatable bonds is 7. The molecule has 2 atom stereocenters. The van der Waals surface area contributed by atoms with Gasteiger partial charge in [0.2, 0.25) is 0 Å². The molecule has 106 valence electrons. The van der Waals surface area contributed by atoms with Crippen molar-refractivity contribution < 1.29 is 13.2 Å². The van der Waals surface area contributed by atoms with Crippen LogP contribution >= 0.6 is 0 Å². The molecule has 0 aromatic carbocycles. The van der Waals surface area contributed by atoms with Gasteiger partial charge in [-0.25, -0.2) is 8.42 Å². The van der Waals surface area contributed by atoms with Crippen molar-refractivity contribution in [1.29, 1.82) is 0 Å². The summed E-state index contributed by atoms with van der Waals surface area (Å²) in [6.07, 6.45) is 7.81. The molecule has 0 heterocycles. The Morgan fingerprint density at radius 3 is 2.61 bits per heavy atom. The lowest BCUT2D eigenvalue weighted by Gasteiger charge is -2.23. The highest BCUT2D eigenvalue weighted by Crippen LogP contribution is 2.48. The fourth-order valence-electron chi connectivity index (χ4n) is 3.03. The minimum atomic E-state index is -2.90. The summed E-state index contributed by atoms with van der Waals surface area (Å²) < 4.78 is 28.5. The van der Waals surface area contributed by atoms with Gasteiger partial charge in [0.25, 0.3) is 0 Å². The van der Waals surface area contributed by atoms with Crippen LogP contribution in [0.4, 0.5) is 0 Å². The average Bonchev–Trinajstić information content (AvgIpc) is 2.89. The van der Waals surface area contributed by atoms with Crippen molar-refractivity contribution in [2.75, 3.05) is 26.5 Å². The number of hydrogen-bond acceptors (Lipinski definition) is 4. The Morgan fingerprint density at radius 2 is 2.06 bits per heavy atom. The Hall–Kier alpha value is -0.130. The summed E-state index contributed by atoms with van der Waals surface area (Å²) in [5.41, 5.74) is 0.390. The molecule has 0 amide bonds. The molecule has 0 bridgehead atoms. The maximum absolute atomic E-state index is 11.7. The van der Waals surface area contributed by atoms with Crippen LogP contribution in [0.25, 0.3) is 0 Å². The molecule has 2 fully saturated rings. The van der Waals surface area contributed by atoms with E-state index in [4.69, 9.17) is 4.74 Å². The predicted molar refractivity (Wildman–Crippen MR) is 72.4 cm³/mol. The summed E-state index contributed by atoms with van der Waals surface area (Å²) >= 11 is 0. The van der Waals surface area contributed by atoms with Crippen molar-refractivity contribution in [3.05, 3.63) is 0 Å². The normalized spacial score (nSPS) is 30.6. The summed E-state index contributed by atoms with van der Waals surface area (Å²) in [5, 5.41) is 3.34. The van der Waals surface area contributed by atoms with E-state index in [-0.39, 0.29) is 11.3 Å². The highest BCUT2D eigenvalue weighted by Gasteiger charge is 2.43. The van der Waals surface area contributed by atoms with E-state index in [0.717, 1.165) is 38.8 Å². The fourth-order valence-corrected chi connectivity index (χ4v) is 4.45. The average molecular weight is 275 g/mol. The predicted octanol–water partition coefficient (Wildman–Crippen LogP) is 1.36. The second-order valence-corrected chi connectivity index (χ2v) is 8.29. The summed E-state index contributed by atoms with van der Waals surface area (Å²) in [7, 11) is -1.17. The maximum atomic E-state index is 11.7. The maximum Gasteiger partial charge on any atom is 0.151 e. The van der Waals surface area contributed by atoms with Gasteiger partial charge in [-0.15, -0.1) is 0 Å². The van der Waals surface area contributed by atoms with Crippen LogP contribution in [0, 0.1) is 5.41 Å². The van der Waals surface area contributed by atoms with Gasteiger partial charge in [-0.1, -0.05) is 6.42 Å². The molecule has 2 aliphatic rings. The zero-order valence-corrected chi connectivity index (χ0v) is 12.3. The van der Waals surface area contributed by atoms with Crippen LogP contribution in [-0.4, -0.2) is 46.2 Å². The number of sulfone groups is 1. The lowest BCUT2D eigenvalue weighted by molar-refractivity contribution is 0.170. The van der Waals surface area contributed by atoms with Crippen LogP contribution in [0.15, 0.2) is 0 Å². The first kappa shape index (κ1) is 14.3. The van der Waals surface area contributed by atoms with E-state index in [2.05, 4.69) is 5.32 Å². The van der Waals surface area contributed by atoms with E-state index in [9.17, 15) is 8.42 Å². The molecule has 18 heavy (non-hydrogen) atoms. The molecule has 0 saturated heterocycles. The minimum absolute atomic E-state index is 0.167. The van der Waals surface area contributed by atoms with Crippen LogP contribution in [-0.2, 0) is 14.6 Å². The first-order valence-electron chi connectivity index (χ1n) is 6.88. The lowest BCUT2D eigenvalue weighted by atomic mass is 10.0. The SMILES string of the molecule is COCCC1(CNC2CCCC2S(C)(=O)=O)CC1. The van der Waals surface area contributed by atoms with Crippen molar-refractivity contribution in [2.24, 2.45) is 5.41 Å². The van der Waals surface area contributed by atoms with E-state index in [1.165, 1.54) is 19.1 Å². The van der Waals surface area contributed by atoms with E-state index < -0.39 is 9.84 Å². The van der Waals surface area contributed by atoms with E-state index >= 15 is 0 Å². The van der Waals surface area contributed by atoms with Gasteiger partial charge in [0, 0.05) is 32.6 Å². The third kappa shape index (κ3) is 3.45. The quantitative estimate of drug-likeness (QED) is 0.762. The second-order valence-electron chi connectivity index (χ2n) is 6.03. The lowest BCUT2D eigenvalue weighted by Crippen LogP contribution is -2.42. The summed E-state index contributed by atoms with van der Waals surface area (Å²) in [6, 6.07) is 0.167. The summed E-state index contributed by atoms with van der Waals surface area (Å²) in [6.45, 7) is 1.76. The van der Waals surface area contributed by atoms with E-state index in [1.54, 1.807) is 7.11 Å². The molecule has 0 aliphatic heterocycles. The molecule has 1 N–H and O–H groups in total. The second kappa shape index (κ2) is 5.47. The Balaban J connectivity index is 1.83. The van der Waals surface area contributed by atoms with Gasteiger partial charge >= 0.3 is 0 Å². The van der Waals surface area contributed by atoms with E-state index in [0.29, 0.717) is 5.41 Å². The van der Waals surface area contributed by atoms with Crippen molar-refractivity contribution in [1.82, 2.24) is 5.32 Å². The number of ether oxygens (including phenoxy) is 1. The zero-order chi connectivity index (χ0) is 13.2. The highest BCUT2D eigenvalue weighted by molar-refractivity contribution is 7.91. The van der Waals surface area contributed by atoms with Crippen LogP contribution in [0.1, 0.15) is 38.5 Å². The van der Waals surface area contributed by atoms with Gasteiger partial charge in [0.05, 0.1) is 5.25 Å². The third-order valence-electron chi connectivity index (χ3n) is 4.54. The highest BCUT2D eigenvalue weighted by atomic mass is 32.2. The molecule has 0 radical (unpaired) electrons. The standard InChI is InChI=1S/C13H25NO3S/c1-17-9-8-13(6-7-13)10-14-11-4-3-5-12(11)18(2,15)16/h11-12,14H,3-10H2,1-2H3. The first-order chi connectivity index (χ1) is 8.47. The Morgan fingerprint density at radius 1 is 1.33 bits per heavy atom. The Labute approximate surface area is 110 Å². The fraction of sp³-hybridized carbons (Fsp3) is 1.00. The molecule has 0 aromatic heterocycles. The summed E-state index contributed by atoms with van der Waals surface area (Å²) in [5.74, 6) is 0. The summed E-state index contributed by atoms with van der Waals surface area (Å²) in [4.78, 5) is 0. The largest absolute Gasteiger partial charge is 0.385 e.